The maximum atomic E-state index is 13.1. The molecule has 1 aliphatic rings. The molecule has 1 aromatic rings. The van der Waals surface area contributed by atoms with Gasteiger partial charge in [0.05, 0.1) is 0 Å². The monoisotopic (exact) mass is 205 g/mol. The SMILES string of the molecule is O=C(C=Cc1ccccc1F)NC1CC1. The summed E-state index contributed by atoms with van der Waals surface area (Å²) in [6, 6.07) is 6.70. The average Bonchev–Trinajstić information content (AvgIpc) is 3.00. The van der Waals surface area contributed by atoms with Gasteiger partial charge in [0.1, 0.15) is 5.82 Å². The number of nitrogens with one attached hydrogen (secondary N) is 1. The molecule has 78 valence electrons. The summed E-state index contributed by atoms with van der Waals surface area (Å²) in [5.41, 5.74) is 0.434. The average molecular weight is 205 g/mol. The molecule has 1 amide bonds. The molecule has 1 aromatic carbocycles. The van der Waals surface area contributed by atoms with E-state index in [-0.39, 0.29) is 11.7 Å². The van der Waals surface area contributed by atoms with E-state index in [0.717, 1.165) is 12.8 Å². The molecule has 0 bridgehead atoms. The van der Waals surface area contributed by atoms with Gasteiger partial charge in [0.25, 0.3) is 0 Å². The fraction of sp³-hybridized carbons (Fsp3) is 0.250. The molecule has 1 N–H and O–H groups in total. The normalized spacial score (nSPS) is 15.5. The summed E-state index contributed by atoms with van der Waals surface area (Å²) < 4.78 is 13.1. The fourth-order valence-corrected chi connectivity index (χ4v) is 1.25. The highest BCUT2D eigenvalue weighted by Crippen LogP contribution is 2.18. The zero-order valence-corrected chi connectivity index (χ0v) is 8.24. The lowest BCUT2D eigenvalue weighted by Gasteiger charge is -1.97. The smallest absolute Gasteiger partial charge is 0.244 e. The summed E-state index contributed by atoms with van der Waals surface area (Å²) in [5, 5.41) is 2.80. The molecule has 1 saturated carbocycles. The van der Waals surface area contributed by atoms with Crippen LogP contribution in [0.2, 0.25) is 0 Å². The summed E-state index contributed by atoms with van der Waals surface area (Å²) in [6.07, 6.45) is 4.97. The van der Waals surface area contributed by atoms with E-state index < -0.39 is 0 Å². The van der Waals surface area contributed by atoms with Crippen molar-refractivity contribution < 1.29 is 9.18 Å². The molecule has 3 heteroatoms. The van der Waals surface area contributed by atoms with Crippen molar-refractivity contribution >= 4 is 12.0 Å². The first-order valence-electron chi connectivity index (χ1n) is 4.99. The van der Waals surface area contributed by atoms with Crippen molar-refractivity contribution in [1.82, 2.24) is 5.32 Å². The minimum atomic E-state index is -0.312. The van der Waals surface area contributed by atoms with E-state index in [1.165, 1.54) is 18.2 Å². The molecule has 0 saturated heterocycles. The first-order chi connectivity index (χ1) is 7.25. The molecule has 0 unspecified atom stereocenters. The molecule has 15 heavy (non-hydrogen) atoms. The minimum absolute atomic E-state index is 0.152. The lowest BCUT2D eigenvalue weighted by molar-refractivity contribution is -0.116. The summed E-state index contributed by atoms with van der Waals surface area (Å²) in [4.78, 5) is 11.3. The Morgan fingerprint density at radius 1 is 1.40 bits per heavy atom. The van der Waals surface area contributed by atoms with Crippen LogP contribution in [0.4, 0.5) is 4.39 Å². The van der Waals surface area contributed by atoms with Crippen LogP contribution in [0.15, 0.2) is 30.3 Å². The lowest BCUT2D eigenvalue weighted by Crippen LogP contribution is -2.22. The van der Waals surface area contributed by atoms with Crippen LogP contribution >= 0.6 is 0 Å². The molecular formula is C12H12FNO. The molecule has 2 rings (SSSR count). The van der Waals surface area contributed by atoms with E-state index >= 15 is 0 Å². The van der Waals surface area contributed by atoms with Gasteiger partial charge in [-0.15, -0.1) is 0 Å². The summed E-state index contributed by atoms with van der Waals surface area (Å²) in [6.45, 7) is 0. The number of hydrogen-bond acceptors (Lipinski definition) is 1. The van der Waals surface area contributed by atoms with Gasteiger partial charge < -0.3 is 5.32 Å². The van der Waals surface area contributed by atoms with Crippen LogP contribution in [0, 0.1) is 5.82 Å². The third-order valence-electron chi connectivity index (χ3n) is 2.24. The second-order valence-corrected chi connectivity index (χ2v) is 3.64. The number of rotatable bonds is 3. The van der Waals surface area contributed by atoms with E-state index in [4.69, 9.17) is 0 Å². The Balaban J connectivity index is 1.97. The Labute approximate surface area is 87.8 Å². The highest BCUT2D eigenvalue weighted by Gasteiger charge is 2.21. The van der Waals surface area contributed by atoms with E-state index in [0.29, 0.717) is 11.6 Å². The second-order valence-electron chi connectivity index (χ2n) is 3.64. The quantitative estimate of drug-likeness (QED) is 0.752. The molecule has 0 aliphatic heterocycles. The third kappa shape index (κ3) is 2.91. The summed E-state index contributed by atoms with van der Waals surface area (Å²) in [5.74, 6) is -0.464. The van der Waals surface area contributed by atoms with Crippen molar-refractivity contribution in [2.75, 3.05) is 0 Å². The molecule has 1 aliphatic carbocycles. The summed E-state index contributed by atoms with van der Waals surface area (Å²) in [7, 11) is 0. The van der Waals surface area contributed by atoms with Crippen LogP contribution in [-0.2, 0) is 4.79 Å². The van der Waals surface area contributed by atoms with Gasteiger partial charge in [-0.05, 0) is 25.0 Å². The van der Waals surface area contributed by atoms with Crippen LogP contribution in [-0.4, -0.2) is 11.9 Å². The van der Waals surface area contributed by atoms with Gasteiger partial charge in [0.15, 0.2) is 0 Å². The van der Waals surface area contributed by atoms with Gasteiger partial charge in [-0.25, -0.2) is 4.39 Å². The van der Waals surface area contributed by atoms with E-state index in [2.05, 4.69) is 5.32 Å². The van der Waals surface area contributed by atoms with Crippen LogP contribution in [0.3, 0.4) is 0 Å². The van der Waals surface area contributed by atoms with Crippen LogP contribution < -0.4 is 5.32 Å². The van der Waals surface area contributed by atoms with Crippen molar-refractivity contribution in [3.63, 3.8) is 0 Å². The maximum absolute atomic E-state index is 13.1. The van der Waals surface area contributed by atoms with Crippen molar-refractivity contribution in [3.8, 4) is 0 Å². The molecule has 0 atom stereocenters. The maximum Gasteiger partial charge on any atom is 0.244 e. The highest BCUT2D eigenvalue weighted by molar-refractivity contribution is 5.92. The van der Waals surface area contributed by atoms with Gasteiger partial charge in [0, 0.05) is 17.7 Å². The zero-order chi connectivity index (χ0) is 10.7. The van der Waals surface area contributed by atoms with E-state index in [9.17, 15) is 9.18 Å². The predicted molar refractivity (Wildman–Crippen MR) is 56.6 cm³/mol. The lowest BCUT2D eigenvalue weighted by atomic mass is 10.2. The van der Waals surface area contributed by atoms with Crippen molar-refractivity contribution in [2.45, 2.75) is 18.9 Å². The molecule has 2 nitrogen and oxygen atoms in total. The molecule has 1 fully saturated rings. The number of hydrogen-bond donors (Lipinski definition) is 1. The standard InChI is InChI=1S/C12H12FNO/c13-11-4-2-1-3-9(11)5-8-12(15)14-10-6-7-10/h1-5,8,10H,6-7H2,(H,14,15). The fourth-order valence-electron chi connectivity index (χ4n) is 1.25. The van der Waals surface area contributed by atoms with E-state index in [1.54, 1.807) is 18.2 Å². The number of carbonyl (C=O) groups excluding carboxylic acids is 1. The van der Waals surface area contributed by atoms with Crippen LogP contribution in [0.5, 0.6) is 0 Å². The second kappa shape index (κ2) is 4.26. The Morgan fingerprint density at radius 3 is 2.80 bits per heavy atom. The number of carbonyl (C=O) groups is 1. The van der Waals surface area contributed by atoms with E-state index in [1.807, 2.05) is 0 Å². The molecular weight excluding hydrogens is 193 g/mol. The van der Waals surface area contributed by atoms with Crippen molar-refractivity contribution in [2.24, 2.45) is 0 Å². The largest absolute Gasteiger partial charge is 0.350 e. The van der Waals surface area contributed by atoms with Gasteiger partial charge in [-0.1, -0.05) is 18.2 Å². The van der Waals surface area contributed by atoms with Crippen LogP contribution in [0.1, 0.15) is 18.4 Å². The van der Waals surface area contributed by atoms with Gasteiger partial charge >= 0.3 is 0 Å². The van der Waals surface area contributed by atoms with Crippen molar-refractivity contribution in [1.29, 1.82) is 0 Å². The van der Waals surface area contributed by atoms with Gasteiger partial charge in [-0.3, -0.25) is 4.79 Å². The van der Waals surface area contributed by atoms with Gasteiger partial charge in [-0.2, -0.15) is 0 Å². The first-order valence-corrected chi connectivity index (χ1v) is 4.99. The molecule has 0 spiro atoms. The van der Waals surface area contributed by atoms with Crippen LogP contribution in [0.25, 0.3) is 6.08 Å². The Bertz CT molecular complexity index is 396. The molecule has 0 aromatic heterocycles. The number of halogens is 1. The Morgan fingerprint density at radius 2 is 2.13 bits per heavy atom. The highest BCUT2D eigenvalue weighted by atomic mass is 19.1. The zero-order valence-electron chi connectivity index (χ0n) is 8.24. The summed E-state index contributed by atoms with van der Waals surface area (Å²) >= 11 is 0. The molecule has 0 heterocycles. The molecule has 0 radical (unpaired) electrons. The van der Waals surface area contributed by atoms with Gasteiger partial charge in [0.2, 0.25) is 5.91 Å². The minimum Gasteiger partial charge on any atom is -0.350 e. The predicted octanol–water partition coefficient (Wildman–Crippen LogP) is 2.12. The van der Waals surface area contributed by atoms with Crippen molar-refractivity contribution in [3.05, 3.63) is 41.7 Å². The number of amides is 1. The Hall–Kier alpha value is -1.64. The first kappa shape index (κ1) is 9.90. The number of benzene rings is 1. The topological polar surface area (TPSA) is 29.1 Å². The third-order valence-corrected chi connectivity index (χ3v) is 2.24. The Kier molecular flexibility index (Phi) is 2.81.